The van der Waals surface area contributed by atoms with Crippen molar-refractivity contribution in [2.24, 2.45) is 0 Å². The van der Waals surface area contributed by atoms with Gasteiger partial charge < -0.3 is 15.4 Å². The number of carbonyl (C=O) groups is 2. The first-order valence-electron chi connectivity index (χ1n) is 10.3. The van der Waals surface area contributed by atoms with E-state index in [0.717, 1.165) is 28.0 Å². The largest absolute Gasteiger partial charge is 0.497 e. The van der Waals surface area contributed by atoms with Gasteiger partial charge in [-0.1, -0.05) is 66.7 Å². The highest BCUT2D eigenvalue weighted by Gasteiger charge is 2.19. The van der Waals surface area contributed by atoms with Gasteiger partial charge in [-0.2, -0.15) is 0 Å². The number of methoxy groups -OCH3 is 1. The van der Waals surface area contributed by atoms with Gasteiger partial charge in [0.25, 0.3) is 0 Å². The summed E-state index contributed by atoms with van der Waals surface area (Å²) >= 11 is 0. The van der Waals surface area contributed by atoms with Crippen LogP contribution in [0.25, 0.3) is 11.1 Å². The zero-order chi connectivity index (χ0) is 22.2. The van der Waals surface area contributed by atoms with Crippen LogP contribution in [0.3, 0.4) is 0 Å². The van der Waals surface area contributed by atoms with E-state index < -0.39 is 6.04 Å². The monoisotopic (exact) mass is 416 g/mol. The van der Waals surface area contributed by atoms with E-state index in [1.807, 2.05) is 61.5 Å². The minimum Gasteiger partial charge on any atom is -0.497 e. The zero-order valence-corrected chi connectivity index (χ0v) is 18.1. The quantitative estimate of drug-likeness (QED) is 0.554. The molecular formula is C26H28N2O3. The molecule has 2 amide bonds. The van der Waals surface area contributed by atoms with E-state index in [1.54, 1.807) is 7.11 Å². The Morgan fingerprint density at radius 3 is 1.97 bits per heavy atom. The van der Waals surface area contributed by atoms with Gasteiger partial charge in [-0.3, -0.25) is 9.59 Å². The Hall–Kier alpha value is -3.60. The Bertz CT molecular complexity index is 999. The van der Waals surface area contributed by atoms with Crippen molar-refractivity contribution < 1.29 is 14.3 Å². The van der Waals surface area contributed by atoms with Crippen LogP contribution in [0.15, 0.2) is 78.9 Å². The molecule has 0 saturated heterocycles. The number of ether oxygens (including phenoxy) is 1. The van der Waals surface area contributed by atoms with Crippen LogP contribution in [-0.4, -0.2) is 18.9 Å². The number of carbonyl (C=O) groups excluding carboxylic acids is 2. The molecule has 3 aromatic rings. The molecule has 160 valence electrons. The van der Waals surface area contributed by atoms with Gasteiger partial charge in [-0.15, -0.1) is 0 Å². The molecule has 0 aliphatic carbocycles. The van der Waals surface area contributed by atoms with Gasteiger partial charge in [0.1, 0.15) is 5.75 Å². The predicted octanol–water partition coefficient (Wildman–Crippen LogP) is 4.81. The Morgan fingerprint density at radius 1 is 0.806 bits per heavy atom. The lowest BCUT2D eigenvalue weighted by Crippen LogP contribution is -2.33. The van der Waals surface area contributed by atoms with E-state index in [4.69, 9.17) is 4.74 Å². The molecule has 3 aromatic carbocycles. The van der Waals surface area contributed by atoms with Crippen LogP contribution in [0.5, 0.6) is 5.75 Å². The molecule has 0 saturated carbocycles. The van der Waals surface area contributed by atoms with Crippen LogP contribution in [0.2, 0.25) is 0 Å². The molecule has 3 rings (SSSR count). The van der Waals surface area contributed by atoms with Gasteiger partial charge in [0.2, 0.25) is 11.8 Å². The maximum absolute atomic E-state index is 12.7. The van der Waals surface area contributed by atoms with Gasteiger partial charge in [0, 0.05) is 6.92 Å². The summed E-state index contributed by atoms with van der Waals surface area (Å²) in [6.45, 7) is 3.40. The van der Waals surface area contributed by atoms with Crippen molar-refractivity contribution in [2.45, 2.75) is 32.4 Å². The SMILES string of the molecule is COc1ccc([C@@H](CC(=O)N[C@H](C)c2ccc(-c3ccccc3)cc2)NC(C)=O)cc1. The molecule has 2 atom stereocenters. The van der Waals surface area contributed by atoms with E-state index in [-0.39, 0.29) is 24.3 Å². The summed E-state index contributed by atoms with van der Waals surface area (Å²) in [6, 6.07) is 25.1. The molecule has 0 fully saturated rings. The van der Waals surface area contributed by atoms with E-state index in [1.165, 1.54) is 6.92 Å². The van der Waals surface area contributed by atoms with Crippen LogP contribution in [0.1, 0.15) is 43.5 Å². The van der Waals surface area contributed by atoms with Gasteiger partial charge in [-0.25, -0.2) is 0 Å². The molecule has 0 aliphatic rings. The summed E-state index contributed by atoms with van der Waals surface area (Å²) < 4.78 is 5.18. The lowest BCUT2D eigenvalue weighted by atomic mass is 10.0. The van der Waals surface area contributed by atoms with Crippen LogP contribution in [-0.2, 0) is 9.59 Å². The minimum atomic E-state index is -0.406. The van der Waals surface area contributed by atoms with E-state index in [0.29, 0.717) is 0 Å². The zero-order valence-electron chi connectivity index (χ0n) is 18.1. The molecule has 0 aliphatic heterocycles. The molecule has 5 heteroatoms. The second kappa shape index (κ2) is 10.4. The van der Waals surface area contributed by atoms with Crippen molar-refractivity contribution in [3.63, 3.8) is 0 Å². The molecular weight excluding hydrogens is 388 g/mol. The first kappa shape index (κ1) is 22.1. The summed E-state index contributed by atoms with van der Waals surface area (Å²) in [5.74, 6) is 0.412. The highest BCUT2D eigenvalue weighted by atomic mass is 16.5. The van der Waals surface area contributed by atoms with E-state index >= 15 is 0 Å². The van der Waals surface area contributed by atoms with E-state index in [9.17, 15) is 9.59 Å². The highest BCUT2D eigenvalue weighted by molar-refractivity contribution is 5.79. The molecule has 0 radical (unpaired) electrons. The molecule has 5 nitrogen and oxygen atoms in total. The fraction of sp³-hybridized carbons (Fsp3) is 0.231. The number of nitrogens with one attached hydrogen (secondary N) is 2. The van der Waals surface area contributed by atoms with Crippen molar-refractivity contribution in [2.75, 3.05) is 7.11 Å². The van der Waals surface area contributed by atoms with Crippen molar-refractivity contribution in [3.8, 4) is 16.9 Å². The number of rotatable bonds is 8. The number of amides is 2. The van der Waals surface area contributed by atoms with Gasteiger partial charge in [-0.05, 0) is 41.3 Å². The van der Waals surface area contributed by atoms with Crippen LogP contribution in [0.4, 0.5) is 0 Å². The lowest BCUT2D eigenvalue weighted by molar-refractivity contribution is -0.123. The molecule has 31 heavy (non-hydrogen) atoms. The molecule has 2 N–H and O–H groups in total. The number of hydrogen-bond donors (Lipinski definition) is 2. The maximum atomic E-state index is 12.7. The highest BCUT2D eigenvalue weighted by Crippen LogP contribution is 2.23. The van der Waals surface area contributed by atoms with Crippen LogP contribution < -0.4 is 15.4 Å². The fourth-order valence-electron chi connectivity index (χ4n) is 3.50. The van der Waals surface area contributed by atoms with Gasteiger partial charge in [0.15, 0.2) is 0 Å². The smallest absolute Gasteiger partial charge is 0.222 e. The van der Waals surface area contributed by atoms with Gasteiger partial charge >= 0.3 is 0 Å². The Morgan fingerprint density at radius 2 is 1.39 bits per heavy atom. The summed E-state index contributed by atoms with van der Waals surface area (Å²) in [5.41, 5.74) is 4.16. The summed E-state index contributed by atoms with van der Waals surface area (Å²) in [5, 5.41) is 5.90. The average Bonchev–Trinajstić information content (AvgIpc) is 2.79. The average molecular weight is 417 g/mol. The number of benzene rings is 3. The molecule has 0 unspecified atom stereocenters. The lowest BCUT2D eigenvalue weighted by Gasteiger charge is -2.20. The van der Waals surface area contributed by atoms with Crippen molar-refractivity contribution >= 4 is 11.8 Å². The standard InChI is InChI=1S/C26H28N2O3/c1-18(20-9-11-22(12-10-20)21-7-5-4-6-8-21)27-26(30)17-25(28-19(2)29)23-13-15-24(31-3)16-14-23/h4-16,18,25H,17H2,1-3H3,(H,27,30)(H,28,29)/t18-,25-/m1/s1. The summed E-state index contributed by atoms with van der Waals surface area (Å²) in [6.07, 6.45) is 0.151. The Labute approximate surface area is 183 Å². The van der Waals surface area contributed by atoms with Crippen molar-refractivity contribution in [1.82, 2.24) is 10.6 Å². The summed E-state index contributed by atoms with van der Waals surface area (Å²) in [7, 11) is 1.60. The second-order valence-electron chi connectivity index (χ2n) is 7.51. The molecule has 0 spiro atoms. The van der Waals surface area contributed by atoms with Crippen molar-refractivity contribution in [1.29, 1.82) is 0 Å². The fourth-order valence-corrected chi connectivity index (χ4v) is 3.50. The Balaban J connectivity index is 1.64. The molecule has 0 bridgehead atoms. The second-order valence-corrected chi connectivity index (χ2v) is 7.51. The van der Waals surface area contributed by atoms with E-state index in [2.05, 4.69) is 34.9 Å². The third kappa shape index (κ3) is 6.19. The third-order valence-electron chi connectivity index (χ3n) is 5.18. The first-order valence-corrected chi connectivity index (χ1v) is 10.3. The summed E-state index contributed by atoms with van der Waals surface area (Å²) in [4.78, 5) is 24.4. The maximum Gasteiger partial charge on any atom is 0.222 e. The molecule has 0 aromatic heterocycles. The third-order valence-corrected chi connectivity index (χ3v) is 5.18. The van der Waals surface area contributed by atoms with Gasteiger partial charge in [0.05, 0.1) is 25.6 Å². The normalized spacial score (nSPS) is 12.5. The topological polar surface area (TPSA) is 67.4 Å². The predicted molar refractivity (Wildman–Crippen MR) is 123 cm³/mol. The Kier molecular flexibility index (Phi) is 7.44. The van der Waals surface area contributed by atoms with Crippen LogP contribution >= 0.6 is 0 Å². The molecule has 0 heterocycles. The minimum absolute atomic E-state index is 0.130. The van der Waals surface area contributed by atoms with Crippen molar-refractivity contribution in [3.05, 3.63) is 90.0 Å². The number of hydrogen-bond acceptors (Lipinski definition) is 3. The van der Waals surface area contributed by atoms with Crippen LogP contribution in [0, 0.1) is 0 Å². The first-order chi connectivity index (χ1) is 15.0.